The lowest BCUT2D eigenvalue weighted by Crippen LogP contribution is -2.20. The summed E-state index contributed by atoms with van der Waals surface area (Å²) in [6.07, 6.45) is -0.339. The average molecular weight is 184 g/mol. The molecule has 1 atom stereocenters. The fourth-order valence-corrected chi connectivity index (χ4v) is 0.949. The lowest BCUT2D eigenvalue weighted by atomic mass is 10.4. The molecule has 0 aromatic heterocycles. The molecule has 1 aliphatic heterocycles. The quantitative estimate of drug-likeness (QED) is 0.309. The van der Waals surface area contributed by atoms with E-state index in [9.17, 15) is 4.79 Å². The Morgan fingerprint density at radius 2 is 2.31 bits per heavy atom. The molecule has 13 heavy (non-hydrogen) atoms. The third-order valence-corrected chi connectivity index (χ3v) is 1.53. The van der Waals surface area contributed by atoms with Gasteiger partial charge in [-0.25, -0.2) is 4.79 Å². The van der Waals surface area contributed by atoms with Crippen molar-refractivity contribution in [3.05, 3.63) is 0 Å². The molecule has 72 valence electrons. The number of carbonyl (C=O) groups is 1. The summed E-state index contributed by atoms with van der Waals surface area (Å²) >= 11 is 0. The SMILES string of the molecule is COC(=O)C#C[C@H]1COC(C)(C)O1. The van der Waals surface area contributed by atoms with Gasteiger partial charge in [0.15, 0.2) is 5.79 Å². The summed E-state index contributed by atoms with van der Waals surface area (Å²) in [6.45, 7) is 3.98. The van der Waals surface area contributed by atoms with Crippen LogP contribution in [0.2, 0.25) is 0 Å². The molecule has 0 aromatic carbocycles. The highest BCUT2D eigenvalue weighted by atomic mass is 16.7. The fraction of sp³-hybridized carbons (Fsp3) is 0.667. The summed E-state index contributed by atoms with van der Waals surface area (Å²) in [5.41, 5.74) is 0. The van der Waals surface area contributed by atoms with E-state index in [4.69, 9.17) is 9.47 Å². The molecular weight excluding hydrogens is 172 g/mol. The molecule has 0 bridgehead atoms. The molecular formula is C9H12O4. The molecule has 1 heterocycles. The summed E-state index contributed by atoms with van der Waals surface area (Å²) in [4.78, 5) is 10.6. The second-order valence-electron chi connectivity index (χ2n) is 3.08. The standard InChI is InChI=1S/C9H12O4/c1-9(2)12-6-7(13-9)4-5-8(10)11-3/h7H,6H2,1-3H3/t7-/m0/s1. The molecule has 0 aromatic rings. The van der Waals surface area contributed by atoms with E-state index in [0.29, 0.717) is 6.61 Å². The zero-order valence-electron chi connectivity index (χ0n) is 7.92. The first-order valence-electron chi connectivity index (χ1n) is 3.95. The van der Waals surface area contributed by atoms with Crippen LogP contribution in [0, 0.1) is 11.8 Å². The topological polar surface area (TPSA) is 44.8 Å². The van der Waals surface area contributed by atoms with Crippen LogP contribution in [0.3, 0.4) is 0 Å². The van der Waals surface area contributed by atoms with Crippen LogP contribution in [0.1, 0.15) is 13.8 Å². The van der Waals surface area contributed by atoms with Crippen molar-refractivity contribution in [2.75, 3.05) is 13.7 Å². The number of hydrogen-bond donors (Lipinski definition) is 0. The van der Waals surface area contributed by atoms with E-state index >= 15 is 0 Å². The zero-order valence-corrected chi connectivity index (χ0v) is 7.92. The molecule has 1 aliphatic rings. The molecule has 0 aliphatic carbocycles. The molecule has 0 amide bonds. The van der Waals surface area contributed by atoms with Crippen LogP contribution in [-0.4, -0.2) is 31.6 Å². The van der Waals surface area contributed by atoms with Gasteiger partial charge in [0.2, 0.25) is 0 Å². The lowest BCUT2D eigenvalue weighted by molar-refractivity contribution is -0.135. The van der Waals surface area contributed by atoms with Crippen molar-refractivity contribution in [3.63, 3.8) is 0 Å². The first-order valence-corrected chi connectivity index (χ1v) is 3.95. The van der Waals surface area contributed by atoms with Crippen LogP contribution in [0.25, 0.3) is 0 Å². The van der Waals surface area contributed by atoms with Crippen molar-refractivity contribution >= 4 is 5.97 Å². The van der Waals surface area contributed by atoms with Gasteiger partial charge in [-0.3, -0.25) is 0 Å². The highest BCUT2D eigenvalue weighted by Gasteiger charge is 2.31. The van der Waals surface area contributed by atoms with Crippen LogP contribution in [-0.2, 0) is 19.0 Å². The number of esters is 1. The Kier molecular flexibility index (Phi) is 2.91. The molecule has 0 unspecified atom stereocenters. The summed E-state index contributed by atoms with van der Waals surface area (Å²) in [5, 5.41) is 0. The van der Waals surface area contributed by atoms with E-state index in [1.54, 1.807) is 13.8 Å². The minimum Gasteiger partial charge on any atom is -0.459 e. The van der Waals surface area contributed by atoms with Crippen LogP contribution in [0.15, 0.2) is 0 Å². The van der Waals surface area contributed by atoms with Crippen molar-refractivity contribution in [1.29, 1.82) is 0 Å². The van der Waals surface area contributed by atoms with Crippen molar-refractivity contribution in [2.24, 2.45) is 0 Å². The van der Waals surface area contributed by atoms with Gasteiger partial charge in [-0.15, -0.1) is 0 Å². The Hall–Kier alpha value is -1.05. The predicted octanol–water partition coefficient (Wildman–Crippen LogP) is 0.314. The van der Waals surface area contributed by atoms with Gasteiger partial charge < -0.3 is 14.2 Å². The molecule has 0 N–H and O–H groups in total. The maximum atomic E-state index is 10.6. The Balaban J connectivity index is 2.47. The smallest absolute Gasteiger partial charge is 0.384 e. The van der Waals surface area contributed by atoms with Gasteiger partial charge >= 0.3 is 5.97 Å². The van der Waals surface area contributed by atoms with E-state index in [1.807, 2.05) is 0 Å². The van der Waals surface area contributed by atoms with E-state index < -0.39 is 11.8 Å². The Bertz CT molecular complexity index is 259. The molecule has 1 fully saturated rings. The van der Waals surface area contributed by atoms with Gasteiger partial charge in [0.25, 0.3) is 0 Å². The maximum absolute atomic E-state index is 10.6. The molecule has 4 heteroatoms. The van der Waals surface area contributed by atoms with Gasteiger partial charge in [-0.2, -0.15) is 0 Å². The average Bonchev–Trinajstić information content (AvgIpc) is 2.41. The largest absolute Gasteiger partial charge is 0.459 e. The van der Waals surface area contributed by atoms with Crippen LogP contribution in [0.5, 0.6) is 0 Å². The third kappa shape index (κ3) is 3.05. The van der Waals surface area contributed by atoms with E-state index in [1.165, 1.54) is 7.11 Å². The third-order valence-electron chi connectivity index (χ3n) is 1.53. The molecule has 4 nitrogen and oxygen atoms in total. The van der Waals surface area contributed by atoms with Crippen molar-refractivity contribution < 1.29 is 19.0 Å². The van der Waals surface area contributed by atoms with Crippen LogP contribution >= 0.6 is 0 Å². The van der Waals surface area contributed by atoms with Gasteiger partial charge in [0, 0.05) is 5.92 Å². The number of rotatable bonds is 0. The summed E-state index contributed by atoms with van der Waals surface area (Å²) in [6, 6.07) is 0. The first-order chi connectivity index (χ1) is 6.03. The molecule has 0 saturated carbocycles. The van der Waals surface area contributed by atoms with Gasteiger partial charge in [-0.1, -0.05) is 5.92 Å². The molecule has 0 spiro atoms. The molecule has 1 rings (SSSR count). The van der Waals surface area contributed by atoms with Gasteiger partial charge in [0.05, 0.1) is 13.7 Å². The minimum atomic E-state index is -0.602. The highest BCUT2D eigenvalue weighted by Crippen LogP contribution is 2.21. The van der Waals surface area contributed by atoms with Crippen molar-refractivity contribution in [1.82, 2.24) is 0 Å². The zero-order chi connectivity index (χ0) is 9.90. The minimum absolute atomic E-state index is 0.339. The van der Waals surface area contributed by atoms with E-state index in [2.05, 4.69) is 16.6 Å². The number of ether oxygens (including phenoxy) is 3. The van der Waals surface area contributed by atoms with E-state index in [0.717, 1.165) is 0 Å². The molecule has 1 saturated heterocycles. The predicted molar refractivity (Wildman–Crippen MR) is 44.7 cm³/mol. The fourth-order valence-electron chi connectivity index (χ4n) is 0.949. The maximum Gasteiger partial charge on any atom is 0.384 e. The first kappa shape index (κ1) is 10.0. The van der Waals surface area contributed by atoms with Crippen molar-refractivity contribution in [3.8, 4) is 11.8 Å². The number of carbonyl (C=O) groups excluding carboxylic acids is 1. The second-order valence-corrected chi connectivity index (χ2v) is 3.08. The summed E-state index contributed by atoms with van der Waals surface area (Å²) in [5.74, 6) is 3.75. The Morgan fingerprint density at radius 1 is 1.62 bits per heavy atom. The second kappa shape index (κ2) is 3.77. The van der Waals surface area contributed by atoms with E-state index in [-0.39, 0.29) is 6.10 Å². The Morgan fingerprint density at radius 3 is 2.77 bits per heavy atom. The van der Waals surface area contributed by atoms with Crippen molar-refractivity contribution in [2.45, 2.75) is 25.7 Å². The van der Waals surface area contributed by atoms with Crippen LogP contribution in [0.4, 0.5) is 0 Å². The monoisotopic (exact) mass is 184 g/mol. The normalized spacial score (nSPS) is 24.7. The van der Waals surface area contributed by atoms with Crippen LogP contribution < -0.4 is 0 Å². The highest BCUT2D eigenvalue weighted by molar-refractivity contribution is 5.88. The summed E-state index contributed by atoms with van der Waals surface area (Å²) < 4.78 is 14.9. The lowest BCUT2D eigenvalue weighted by Gasteiger charge is -2.14. The molecule has 0 radical (unpaired) electrons. The van der Waals surface area contributed by atoms with Gasteiger partial charge in [0.1, 0.15) is 6.10 Å². The number of methoxy groups -OCH3 is 1. The summed E-state index contributed by atoms with van der Waals surface area (Å²) in [7, 11) is 1.28. The van der Waals surface area contributed by atoms with Gasteiger partial charge in [-0.05, 0) is 13.8 Å². The Labute approximate surface area is 77.2 Å². The number of hydrogen-bond acceptors (Lipinski definition) is 4.